The molecule has 2 amide bonds. The number of hydrogen-bond donors (Lipinski definition) is 2. The van der Waals surface area contributed by atoms with Crippen molar-refractivity contribution in [3.63, 3.8) is 0 Å². The average molecular weight is 283 g/mol. The van der Waals surface area contributed by atoms with E-state index in [2.05, 4.69) is 25.8 Å². The fourth-order valence-corrected chi connectivity index (χ4v) is 1.43. The third kappa shape index (κ3) is 4.20. The van der Waals surface area contributed by atoms with Gasteiger partial charge in [-0.25, -0.2) is 10.4 Å². The number of aromatic nitrogens is 2. The van der Waals surface area contributed by atoms with E-state index in [4.69, 9.17) is 0 Å². The maximum atomic E-state index is 11.6. The molecule has 0 saturated heterocycles. The third-order valence-corrected chi connectivity index (χ3v) is 2.47. The molecule has 0 aromatic carbocycles. The zero-order valence-electron chi connectivity index (χ0n) is 11.3. The lowest BCUT2D eigenvalue weighted by Gasteiger charge is -2.03. The molecule has 106 valence electrons. The smallest absolute Gasteiger partial charge is 0.302 e. The Morgan fingerprint density at radius 1 is 1.00 bits per heavy atom. The van der Waals surface area contributed by atoms with Crippen LogP contribution in [0, 0.1) is 0 Å². The van der Waals surface area contributed by atoms with E-state index in [-0.39, 0.29) is 0 Å². The van der Waals surface area contributed by atoms with E-state index in [1.54, 1.807) is 49.5 Å². The van der Waals surface area contributed by atoms with Crippen molar-refractivity contribution in [1.82, 2.24) is 15.4 Å². The highest BCUT2D eigenvalue weighted by Gasteiger charge is 2.13. The van der Waals surface area contributed by atoms with Gasteiger partial charge in [0.05, 0.1) is 11.4 Å². The largest absolute Gasteiger partial charge is 0.329 e. The minimum Gasteiger partial charge on any atom is -0.302 e. The number of amides is 2. The number of hydrazone groups is 1. The van der Waals surface area contributed by atoms with Crippen molar-refractivity contribution in [3.8, 4) is 0 Å². The van der Waals surface area contributed by atoms with Gasteiger partial charge in [0.25, 0.3) is 0 Å². The van der Waals surface area contributed by atoms with Crippen molar-refractivity contribution in [2.75, 3.05) is 5.32 Å². The molecule has 0 fully saturated rings. The predicted octanol–water partition coefficient (Wildman–Crippen LogP) is 0.955. The van der Waals surface area contributed by atoms with Crippen molar-refractivity contribution >= 4 is 23.3 Å². The summed E-state index contributed by atoms with van der Waals surface area (Å²) < 4.78 is 0. The van der Waals surface area contributed by atoms with E-state index in [0.717, 1.165) is 0 Å². The summed E-state index contributed by atoms with van der Waals surface area (Å²) in [5.41, 5.74) is 3.28. The Morgan fingerprint density at radius 2 is 1.71 bits per heavy atom. The molecule has 2 rings (SSSR count). The number of carbonyl (C=O) groups is 2. The SMILES string of the molecule is CC(=NNC(=O)C(=O)Nc1ccccn1)c1ccccn1. The van der Waals surface area contributed by atoms with Gasteiger partial charge in [0.15, 0.2) is 0 Å². The van der Waals surface area contributed by atoms with Gasteiger partial charge in [-0.3, -0.25) is 14.6 Å². The zero-order valence-corrected chi connectivity index (χ0v) is 11.3. The van der Waals surface area contributed by atoms with E-state index >= 15 is 0 Å². The fraction of sp³-hybridized carbons (Fsp3) is 0.0714. The molecule has 0 saturated carbocycles. The summed E-state index contributed by atoms with van der Waals surface area (Å²) in [5.74, 6) is -1.43. The Bertz CT molecular complexity index is 656. The normalized spacial score (nSPS) is 10.8. The monoisotopic (exact) mass is 283 g/mol. The van der Waals surface area contributed by atoms with Crippen LogP contribution in [0.15, 0.2) is 53.9 Å². The van der Waals surface area contributed by atoms with Gasteiger partial charge >= 0.3 is 11.8 Å². The first-order valence-corrected chi connectivity index (χ1v) is 6.15. The summed E-state index contributed by atoms with van der Waals surface area (Å²) in [7, 11) is 0. The number of nitrogens with zero attached hydrogens (tertiary/aromatic N) is 3. The maximum Gasteiger partial charge on any atom is 0.329 e. The van der Waals surface area contributed by atoms with Crippen LogP contribution in [0.2, 0.25) is 0 Å². The molecule has 7 nitrogen and oxygen atoms in total. The maximum absolute atomic E-state index is 11.6. The Balaban J connectivity index is 1.94. The number of nitrogens with one attached hydrogen (secondary N) is 2. The summed E-state index contributed by atoms with van der Waals surface area (Å²) in [6.07, 6.45) is 3.13. The summed E-state index contributed by atoms with van der Waals surface area (Å²) in [4.78, 5) is 31.2. The van der Waals surface area contributed by atoms with Crippen LogP contribution in [0.5, 0.6) is 0 Å². The van der Waals surface area contributed by atoms with Crippen LogP contribution in [0.4, 0.5) is 5.82 Å². The molecule has 2 aromatic rings. The highest BCUT2D eigenvalue weighted by molar-refractivity contribution is 6.39. The molecule has 0 atom stereocenters. The number of carbonyl (C=O) groups excluding carboxylic acids is 2. The molecule has 21 heavy (non-hydrogen) atoms. The zero-order chi connectivity index (χ0) is 15.1. The quantitative estimate of drug-likeness (QED) is 0.498. The summed E-state index contributed by atoms with van der Waals surface area (Å²) >= 11 is 0. The molecular formula is C14H13N5O2. The molecule has 2 aromatic heterocycles. The van der Waals surface area contributed by atoms with Gasteiger partial charge in [-0.05, 0) is 31.2 Å². The molecule has 0 unspecified atom stereocenters. The first kappa shape index (κ1) is 14.3. The average Bonchev–Trinajstić information content (AvgIpc) is 2.54. The van der Waals surface area contributed by atoms with Gasteiger partial charge in [0.2, 0.25) is 0 Å². The van der Waals surface area contributed by atoms with Gasteiger partial charge in [0, 0.05) is 12.4 Å². The van der Waals surface area contributed by atoms with Crippen LogP contribution in [0.25, 0.3) is 0 Å². The van der Waals surface area contributed by atoms with Crippen LogP contribution >= 0.6 is 0 Å². The fourth-order valence-electron chi connectivity index (χ4n) is 1.43. The molecule has 0 aliphatic carbocycles. The summed E-state index contributed by atoms with van der Waals surface area (Å²) in [6, 6.07) is 10.3. The summed E-state index contributed by atoms with van der Waals surface area (Å²) in [5, 5.41) is 6.19. The lowest BCUT2D eigenvalue weighted by Crippen LogP contribution is -2.33. The second-order valence-corrected chi connectivity index (χ2v) is 4.02. The third-order valence-electron chi connectivity index (χ3n) is 2.47. The van der Waals surface area contributed by atoms with Crippen molar-refractivity contribution in [1.29, 1.82) is 0 Å². The van der Waals surface area contributed by atoms with E-state index in [0.29, 0.717) is 17.2 Å². The number of hydrogen-bond acceptors (Lipinski definition) is 5. The molecular weight excluding hydrogens is 270 g/mol. The Labute approximate surface area is 121 Å². The standard InChI is InChI=1S/C14H13N5O2/c1-10(11-6-2-4-8-15-11)18-19-14(21)13(20)17-12-7-3-5-9-16-12/h2-9H,1H3,(H,19,21)(H,16,17,20). The van der Waals surface area contributed by atoms with E-state index in [1.807, 2.05) is 0 Å². The van der Waals surface area contributed by atoms with Crippen molar-refractivity contribution in [2.24, 2.45) is 5.10 Å². The summed E-state index contributed by atoms with van der Waals surface area (Å²) in [6.45, 7) is 1.68. The number of rotatable bonds is 3. The Morgan fingerprint density at radius 3 is 2.33 bits per heavy atom. The predicted molar refractivity (Wildman–Crippen MR) is 77.5 cm³/mol. The highest BCUT2D eigenvalue weighted by Crippen LogP contribution is 1.99. The minimum atomic E-state index is -0.879. The lowest BCUT2D eigenvalue weighted by atomic mass is 10.3. The molecule has 0 aliphatic heterocycles. The molecule has 0 aliphatic rings. The molecule has 0 spiro atoms. The van der Waals surface area contributed by atoms with Crippen LogP contribution in [0.3, 0.4) is 0 Å². The number of pyridine rings is 2. The Kier molecular flexibility index (Phi) is 4.70. The van der Waals surface area contributed by atoms with E-state index in [9.17, 15) is 9.59 Å². The number of anilines is 1. The van der Waals surface area contributed by atoms with Gasteiger partial charge in [-0.2, -0.15) is 5.10 Å². The Hall–Kier alpha value is -3.09. The molecule has 2 heterocycles. The lowest BCUT2D eigenvalue weighted by molar-refractivity contribution is -0.136. The van der Waals surface area contributed by atoms with Gasteiger partial charge in [-0.1, -0.05) is 12.1 Å². The van der Waals surface area contributed by atoms with Gasteiger partial charge in [-0.15, -0.1) is 0 Å². The molecule has 2 N–H and O–H groups in total. The van der Waals surface area contributed by atoms with Crippen LogP contribution < -0.4 is 10.7 Å². The topological polar surface area (TPSA) is 96.3 Å². The van der Waals surface area contributed by atoms with Gasteiger partial charge < -0.3 is 5.32 Å². The van der Waals surface area contributed by atoms with Crippen molar-refractivity contribution < 1.29 is 9.59 Å². The molecule has 0 bridgehead atoms. The van der Waals surface area contributed by atoms with Crippen molar-refractivity contribution in [2.45, 2.75) is 6.92 Å². The molecule has 0 radical (unpaired) electrons. The minimum absolute atomic E-state index is 0.295. The van der Waals surface area contributed by atoms with Crippen LogP contribution in [0.1, 0.15) is 12.6 Å². The highest BCUT2D eigenvalue weighted by atomic mass is 16.2. The van der Waals surface area contributed by atoms with Crippen LogP contribution in [-0.4, -0.2) is 27.5 Å². The van der Waals surface area contributed by atoms with Crippen LogP contribution in [-0.2, 0) is 9.59 Å². The second-order valence-electron chi connectivity index (χ2n) is 4.02. The van der Waals surface area contributed by atoms with E-state index < -0.39 is 11.8 Å². The first-order chi connectivity index (χ1) is 10.2. The van der Waals surface area contributed by atoms with Crippen molar-refractivity contribution in [3.05, 3.63) is 54.5 Å². The van der Waals surface area contributed by atoms with Gasteiger partial charge in [0.1, 0.15) is 5.82 Å². The van der Waals surface area contributed by atoms with E-state index in [1.165, 1.54) is 6.20 Å². The second kappa shape index (κ2) is 6.90. The first-order valence-electron chi connectivity index (χ1n) is 6.15. The molecule has 7 heteroatoms.